The Balaban J connectivity index is 1.52. The molecule has 0 saturated heterocycles. The number of nitrogens with zero attached hydrogens (tertiary/aromatic N) is 2. The Kier molecular flexibility index (Phi) is 6.84. The maximum absolute atomic E-state index is 12.4. The lowest BCUT2D eigenvalue weighted by Crippen LogP contribution is -2.26. The Morgan fingerprint density at radius 1 is 1.14 bits per heavy atom. The number of hydrogen-bond acceptors (Lipinski definition) is 3. The summed E-state index contributed by atoms with van der Waals surface area (Å²) in [6.45, 7) is 6.13. The van der Waals surface area contributed by atoms with Gasteiger partial charge in [-0.15, -0.1) is 0 Å². The van der Waals surface area contributed by atoms with Crippen LogP contribution in [0.3, 0.4) is 0 Å². The number of amides is 1. The molecular formula is C23H27N3O2. The average Bonchev–Trinajstić information content (AvgIpc) is 3.14. The van der Waals surface area contributed by atoms with Crippen molar-refractivity contribution >= 4 is 5.91 Å². The molecule has 1 N–H and O–H groups in total. The normalized spacial score (nSPS) is 10.8. The molecule has 0 aliphatic rings. The van der Waals surface area contributed by atoms with Crippen LogP contribution in [0, 0.1) is 5.92 Å². The van der Waals surface area contributed by atoms with Crippen molar-refractivity contribution in [1.29, 1.82) is 0 Å². The van der Waals surface area contributed by atoms with Crippen LogP contribution >= 0.6 is 0 Å². The first kappa shape index (κ1) is 19.7. The zero-order valence-electron chi connectivity index (χ0n) is 16.5. The average molecular weight is 377 g/mol. The topological polar surface area (TPSA) is 56.1 Å². The first-order valence-electron chi connectivity index (χ1n) is 9.67. The molecule has 0 saturated carbocycles. The molecule has 146 valence electrons. The molecule has 0 unspecified atom stereocenters. The molecule has 1 heterocycles. The first-order valence-corrected chi connectivity index (χ1v) is 9.67. The highest BCUT2D eigenvalue weighted by atomic mass is 16.5. The minimum atomic E-state index is -0.101. The van der Waals surface area contributed by atoms with Gasteiger partial charge in [-0.3, -0.25) is 4.79 Å². The number of rotatable bonds is 9. The molecule has 0 bridgehead atoms. The van der Waals surface area contributed by atoms with Crippen LogP contribution in [0.15, 0.2) is 67.0 Å². The van der Waals surface area contributed by atoms with E-state index in [0.717, 1.165) is 18.1 Å². The van der Waals surface area contributed by atoms with E-state index in [0.29, 0.717) is 31.1 Å². The lowest BCUT2D eigenvalue weighted by Gasteiger charge is -2.11. The third-order valence-corrected chi connectivity index (χ3v) is 4.31. The second-order valence-electron chi connectivity index (χ2n) is 7.20. The van der Waals surface area contributed by atoms with Gasteiger partial charge in [0.2, 0.25) is 0 Å². The van der Waals surface area contributed by atoms with Crippen LogP contribution in [0.5, 0.6) is 5.75 Å². The van der Waals surface area contributed by atoms with E-state index in [1.807, 2.05) is 36.5 Å². The van der Waals surface area contributed by atoms with Crippen molar-refractivity contribution in [2.45, 2.75) is 26.8 Å². The van der Waals surface area contributed by atoms with Crippen LogP contribution in [0.1, 0.15) is 35.6 Å². The van der Waals surface area contributed by atoms with E-state index in [2.05, 4.69) is 40.8 Å². The fraction of sp³-hybridized carbons (Fsp3) is 0.304. The number of imidazole rings is 1. The van der Waals surface area contributed by atoms with Gasteiger partial charge in [-0.25, -0.2) is 4.98 Å². The number of hydrogen-bond donors (Lipinski definition) is 1. The van der Waals surface area contributed by atoms with Crippen molar-refractivity contribution in [2.75, 3.05) is 13.2 Å². The summed E-state index contributed by atoms with van der Waals surface area (Å²) in [5.41, 5.74) is 1.83. The Morgan fingerprint density at radius 3 is 2.75 bits per heavy atom. The maximum Gasteiger partial charge on any atom is 0.251 e. The van der Waals surface area contributed by atoms with Crippen molar-refractivity contribution in [3.8, 4) is 5.75 Å². The minimum absolute atomic E-state index is 0.101. The van der Waals surface area contributed by atoms with Crippen LogP contribution in [-0.2, 0) is 13.0 Å². The van der Waals surface area contributed by atoms with Crippen LogP contribution in [0.25, 0.3) is 0 Å². The molecule has 5 heteroatoms. The van der Waals surface area contributed by atoms with E-state index >= 15 is 0 Å². The largest absolute Gasteiger partial charge is 0.493 e. The number of benzene rings is 2. The second kappa shape index (κ2) is 9.74. The molecule has 0 fully saturated rings. The molecule has 3 rings (SSSR count). The summed E-state index contributed by atoms with van der Waals surface area (Å²) >= 11 is 0. The molecular weight excluding hydrogens is 350 g/mol. The van der Waals surface area contributed by atoms with Crippen LogP contribution in [0.4, 0.5) is 0 Å². The molecule has 2 aromatic carbocycles. The van der Waals surface area contributed by atoms with Crippen LogP contribution in [0.2, 0.25) is 0 Å². The zero-order chi connectivity index (χ0) is 19.8. The number of carbonyl (C=O) groups is 1. The monoisotopic (exact) mass is 377 g/mol. The smallest absolute Gasteiger partial charge is 0.251 e. The SMILES string of the molecule is CC(C)COc1cccc(C(=O)NCCc2nccn2Cc2ccccc2)c1. The highest BCUT2D eigenvalue weighted by molar-refractivity contribution is 5.94. The molecule has 0 aliphatic carbocycles. The number of nitrogens with one attached hydrogen (secondary N) is 1. The van der Waals surface area contributed by atoms with Gasteiger partial charge < -0.3 is 14.6 Å². The molecule has 5 nitrogen and oxygen atoms in total. The van der Waals surface area contributed by atoms with E-state index in [4.69, 9.17) is 4.74 Å². The quantitative estimate of drug-likeness (QED) is 0.614. The molecule has 0 radical (unpaired) electrons. The van der Waals surface area contributed by atoms with Crippen molar-refractivity contribution in [2.24, 2.45) is 5.92 Å². The first-order chi connectivity index (χ1) is 13.6. The Labute approximate surface area is 166 Å². The van der Waals surface area contributed by atoms with Crippen molar-refractivity contribution in [3.63, 3.8) is 0 Å². The predicted molar refractivity (Wildman–Crippen MR) is 111 cm³/mol. The van der Waals surface area contributed by atoms with E-state index < -0.39 is 0 Å². The van der Waals surface area contributed by atoms with Gasteiger partial charge in [-0.05, 0) is 29.7 Å². The standard InChI is InChI=1S/C23H27N3O2/c1-18(2)17-28-21-10-6-9-20(15-21)23(27)25-12-11-22-24-13-14-26(22)16-19-7-4-3-5-8-19/h3-10,13-15,18H,11-12,16-17H2,1-2H3,(H,25,27). The lowest BCUT2D eigenvalue weighted by molar-refractivity contribution is 0.0953. The summed E-state index contributed by atoms with van der Waals surface area (Å²) in [6, 6.07) is 17.6. The van der Waals surface area contributed by atoms with Gasteiger partial charge in [-0.1, -0.05) is 50.2 Å². The van der Waals surface area contributed by atoms with Gasteiger partial charge in [0.1, 0.15) is 11.6 Å². The van der Waals surface area contributed by atoms with Gasteiger partial charge in [0.25, 0.3) is 5.91 Å². The third-order valence-electron chi connectivity index (χ3n) is 4.31. The van der Waals surface area contributed by atoms with Crippen molar-refractivity contribution in [1.82, 2.24) is 14.9 Å². The maximum atomic E-state index is 12.4. The van der Waals surface area contributed by atoms with E-state index in [1.54, 1.807) is 18.3 Å². The van der Waals surface area contributed by atoms with Gasteiger partial charge in [0, 0.05) is 37.5 Å². The Morgan fingerprint density at radius 2 is 1.96 bits per heavy atom. The van der Waals surface area contributed by atoms with E-state index in [1.165, 1.54) is 5.56 Å². The van der Waals surface area contributed by atoms with Gasteiger partial charge in [-0.2, -0.15) is 0 Å². The number of ether oxygens (including phenoxy) is 1. The fourth-order valence-electron chi connectivity index (χ4n) is 2.87. The summed E-state index contributed by atoms with van der Waals surface area (Å²) in [7, 11) is 0. The number of aromatic nitrogens is 2. The summed E-state index contributed by atoms with van der Waals surface area (Å²) in [5, 5.41) is 2.97. The van der Waals surface area contributed by atoms with E-state index in [9.17, 15) is 4.79 Å². The lowest BCUT2D eigenvalue weighted by atomic mass is 10.2. The van der Waals surface area contributed by atoms with E-state index in [-0.39, 0.29) is 5.91 Å². The second-order valence-corrected chi connectivity index (χ2v) is 7.20. The Bertz CT molecular complexity index is 888. The van der Waals surface area contributed by atoms with Gasteiger partial charge in [0.15, 0.2) is 0 Å². The Hall–Kier alpha value is -3.08. The molecule has 1 amide bonds. The zero-order valence-corrected chi connectivity index (χ0v) is 16.5. The summed E-state index contributed by atoms with van der Waals surface area (Å²) in [5.74, 6) is 2.02. The molecule has 0 atom stereocenters. The van der Waals surface area contributed by atoms with Crippen molar-refractivity contribution in [3.05, 3.63) is 83.9 Å². The van der Waals surface area contributed by atoms with Crippen molar-refractivity contribution < 1.29 is 9.53 Å². The molecule has 1 aromatic heterocycles. The molecule has 28 heavy (non-hydrogen) atoms. The predicted octanol–water partition coefficient (Wildman–Crippen LogP) is 3.94. The number of carbonyl (C=O) groups excluding carboxylic acids is 1. The molecule has 0 aliphatic heterocycles. The molecule has 0 spiro atoms. The summed E-state index contributed by atoms with van der Waals surface area (Å²) in [6.07, 6.45) is 4.45. The summed E-state index contributed by atoms with van der Waals surface area (Å²) < 4.78 is 7.81. The highest BCUT2D eigenvalue weighted by Gasteiger charge is 2.09. The summed E-state index contributed by atoms with van der Waals surface area (Å²) in [4.78, 5) is 16.9. The minimum Gasteiger partial charge on any atom is -0.493 e. The van der Waals surface area contributed by atoms with Crippen LogP contribution < -0.4 is 10.1 Å². The molecule has 3 aromatic rings. The van der Waals surface area contributed by atoms with Crippen LogP contribution in [-0.4, -0.2) is 28.6 Å². The highest BCUT2D eigenvalue weighted by Crippen LogP contribution is 2.14. The fourth-order valence-corrected chi connectivity index (χ4v) is 2.87. The van der Waals surface area contributed by atoms with Gasteiger partial charge >= 0.3 is 0 Å². The van der Waals surface area contributed by atoms with Gasteiger partial charge in [0.05, 0.1) is 6.61 Å². The third kappa shape index (κ3) is 5.71.